The molecule has 4 rings (SSSR count). The van der Waals surface area contributed by atoms with Crippen LogP contribution in [0.15, 0.2) is 41.9 Å². The van der Waals surface area contributed by atoms with Gasteiger partial charge in [-0.1, -0.05) is 12.1 Å². The second-order valence-electron chi connectivity index (χ2n) is 8.72. The van der Waals surface area contributed by atoms with Crippen molar-refractivity contribution < 1.29 is 69.2 Å². The van der Waals surface area contributed by atoms with E-state index in [1.54, 1.807) is 0 Å². The fourth-order valence-corrected chi connectivity index (χ4v) is 4.54. The maximum absolute atomic E-state index is 10.6. The van der Waals surface area contributed by atoms with Gasteiger partial charge in [0.2, 0.25) is 0 Å². The van der Waals surface area contributed by atoms with Gasteiger partial charge in [-0.2, -0.15) is 39.5 Å². The molecule has 2 aliphatic rings. The number of hydrogen-bond acceptors (Lipinski definition) is 7. The number of carboxylic acid groups (broad SMARTS) is 3. The number of halogens is 9. The van der Waals surface area contributed by atoms with Crippen molar-refractivity contribution in [2.24, 2.45) is 11.8 Å². The molecule has 236 valence electrons. The molecule has 0 aliphatic carbocycles. The van der Waals surface area contributed by atoms with Crippen LogP contribution >= 0.6 is 11.3 Å². The molecule has 2 atom stereocenters. The van der Waals surface area contributed by atoms with E-state index in [1.165, 1.54) is 36.8 Å². The number of carbonyl (C=O) groups is 3. The molecule has 4 heterocycles. The minimum Gasteiger partial charge on any atom is -0.475 e. The molecule has 0 amide bonds. The molecule has 2 aromatic rings. The molecular weight excluding hydrogens is 617 g/mol. The monoisotopic (exact) mass is 641 g/mol. The predicted octanol–water partition coefficient (Wildman–Crippen LogP) is 4.61. The molecule has 0 spiro atoms. The van der Waals surface area contributed by atoms with E-state index in [0.29, 0.717) is 0 Å². The molecule has 42 heavy (non-hydrogen) atoms. The highest BCUT2D eigenvalue weighted by Crippen LogP contribution is 2.32. The zero-order chi connectivity index (χ0) is 32.3. The van der Waals surface area contributed by atoms with Gasteiger partial charge in [-0.05, 0) is 35.4 Å². The Morgan fingerprint density at radius 2 is 1.12 bits per heavy atom. The van der Waals surface area contributed by atoms with Crippen molar-refractivity contribution in [3.05, 3.63) is 52.5 Å². The zero-order valence-electron chi connectivity index (χ0n) is 21.2. The SMILES string of the molecule is O=C(O)C(F)(F)F.O=C(O)C(F)(F)F.O=C(O)C(F)(F)F.c1ccc(CN2CC3CN(Cc4cccs4)CC3C2)nc1. The van der Waals surface area contributed by atoms with Crippen molar-refractivity contribution in [3.8, 4) is 0 Å². The van der Waals surface area contributed by atoms with Crippen LogP contribution in [0.25, 0.3) is 0 Å². The number of aromatic nitrogens is 1. The van der Waals surface area contributed by atoms with E-state index in [-0.39, 0.29) is 0 Å². The Labute approximate surface area is 235 Å². The van der Waals surface area contributed by atoms with Crippen LogP contribution in [0, 0.1) is 11.8 Å². The van der Waals surface area contributed by atoms with E-state index < -0.39 is 36.4 Å². The quantitative estimate of drug-likeness (QED) is 0.410. The number of hydrogen-bond donors (Lipinski definition) is 3. The molecule has 2 fully saturated rings. The van der Waals surface area contributed by atoms with Crippen LogP contribution in [-0.4, -0.2) is 92.7 Å². The second kappa shape index (κ2) is 15.7. The van der Waals surface area contributed by atoms with Crippen molar-refractivity contribution in [3.63, 3.8) is 0 Å². The van der Waals surface area contributed by atoms with Crippen LogP contribution in [0.3, 0.4) is 0 Å². The Balaban J connectivity index is 0.000000348. The van der Waals surface area contributed by atoms with Gasteiger partial charge in [0, 0.05) is 50.3 Å². The lowest BCUT2D eigenvalue weighted by Crippen LogP contribution is -2.28. The molecular formula is C23H24F9N3O6S. The summed E-state index contributed by atoms with van der Waals surface area (Å²) >= 11 is 1.88. The van der Waals surface area contributed by atoms with E-state index in [9.17, 15) is 39.5 Å². The van der Waals surface area contributed by atoms with E-state index in [0.717, 1.165) is 24.9 Å². The van der Waals surface area contributed by atoms with Gasteiger partial charge in [0.15, 0.2) is 0 Å². The zero-order valence-corrected chi connectivity index (χ0v) is 22.0. The average Bonchev–Trinajstić information content (AvgIpc) is 3.57. The lowest BCUT2D eigenvalue weighted by atomic mass is 10.0. The van der Waals surface area contributed by atoms with Gasteiger partial charge in [0.05, 0.1) is 5.69 Å². The largest absolute Gasteiger partial charge is 0.490 e. The first kappa shape index (κ1) is 36.6. The van der Waals surface area contributed by atoms with Crippen molar-refractivity contribution >= 4 is 29.2 Å². The topological polar surface area (TPSA) is 131 Å². The van der Waals surface area contributed by atoms with Crippen LogP contribution in [0.1, 0.15) is 10.6 Å². The average molecular weight is 642 g/mol. The Morgan fingerprint density at radius 1 is 0.714 bits per heavy atom. The molecule has 2 aliphatic heterocycles. The van der Waals surface area contributed by atoms with Gasteiger partial charge in [0.25, 0.3) is 0 Å². The summed E-state index contributed by atoms with van der Waals surface area (Å²) in [5.74, 6) is -6.56. The third-order valence-electron chi connectivity index (χ3n) is 5.44. The Kier molecular flexibility index (Phi) is 13.7. The first-order valence-corrected chi connectivity index (χ1v) is 12.4. The van der Waals surface area contributed by atoms with Gasteiger partial charge in [-0.15, -0.1) is 11.3 Å². The van der Waals surface area contributed by atoms with E-state index >= 15 is 0 Å². The maximum atomic E-state index is 10.6. The van der Waals surface area contributed by atoms with Gasteiger partial charge in [0.1, 0.15) is 0 Å². The molecule has 19 heteroatoms. The smallest absolute Gasteiger partial charge is 0.475 e. The number of pyridine rings is 1. The molecule has 9 nitrogen and oxygen atoms in total. The molecule has 0 bridgehead atoms. The fraction of sp³-hybridized carbons (Fsp3) is 0.478. The second-order valence-corrected chi connectivity index (χ2v) is 9.75. The molecule has 0 aromatic carbocycles. The third-order valence-corrected chi connectivity index (χ3v) is 6.30. The number of fused-ring (bicyclic) bond motifs is 1. The Hall–Kier alpha value is -3.45. The van der Waals surface area contributed by atoms with Gasteiger partial charge >= 0.3 is 36.4 Å². The van der Waals surface area contributed by atoms with Crippen molar-refractivity contribution in [2.75, 3.05) is 26.2 Å². The van der Waals surface area contributed by atoms with Crippen LogP contribution in [-0.2, 0) is 27.5 Å². The van der Waals surface area contributed by atoms with E-state index in [4.69, 9.17) is 29.7 Å². The number of aliphatic carboxylic acids is 3. The minimum atomic E-state index is -5.08. The summed E-state index contributed by atoms with van der Waals surface area (Å²) < 4.78 is 95.2. The number of likely N-dealkylation sites (tertiary alicyclic amines) is 2. The highest BCUT2D eigenvalue weighted by molar-refractivity contribution is 7.09. The van der Waals surface area contributed by atoms with E-state index in [1.807, 2.05) is 23.6 Å². The summed E-state index contributed by atoms with van der Waals surface area (Å²) in [6.45, 7) is 7.16. The summed E-state index contributed by atoms with van der Waals surface area (Å²) in [7, 11) is 0. The van der Waals surface area contributed by atoms with Crippen LogP contribution in [0.4, 0.5) is 39.5 Å². The van der Waals surface area contributed by atoms with Crippen molar-refractivity contribution in [1.82, 2.24) is 14.8 Å². The molecule has 2 saturated heterocycles. The number of alkyl halides is 9. The molecule has 3 N–H and O–H groups in total. The third kappa shape index (κ3) is 13.9. The lowest BCUT2D eigenvalue weighted by molar-refractivity contribution is -0.193. The van der Waals surface area contributed by atoms with Gasteiger partial charge < -0.3 is 15.3 Å². The normalized spacial score (nSPS) is 18.8. The van der Waals surface area contributed by atoms with Crippen molar-refractivity contribution in [1.29, 1.82) is 0 Å². The molecule has 2 aromatic heterocycles. The Morgan fingerprint density at radius 3 is 1.43 bits per heavy atom. The highest BCUT2D eigenvalue weighted by Gasteiger charge is 2.40. The summed E-state index contributed by atoms with van der Waals surface area (Å²) in [6.07, 6.45) is -13.4. The standard InChI is InChI=1S/C17H21N3S.3C2HF3O2/c1-2-6-18-16(4-1)12-19-8-14-10-20(11-15(14)9-19)13-17-5-3-7-21-17;3*3-2(4,5)1(6)7/h1-7,14-15H,8-13H2;3*(H,6,7). The first-order chi connectivity index (χ1) is 19.2. The van der Waals surface area contributed by atoms with Crippen LogP contribution in [0.2, 0.25) is 0 Å². The summed E-state index contributed by atoms with van der Waals surface area (Å²) in [5, 5.41) is 23.6. The summed E-state index contributed by atoms with van der Waals surface area (Å²) in [4.78, 5) is 37.9. The predicted molar refractivity (Wildman–Crippen MR) is 127 cm³/mol. The number of carboxylic acids is 3. The highest BCUT2D eigenvalue weighted by atomic mass is 32.1. The molecule has 0 saturated carbocycles. The Bertz CT molecular complexity index is 1060. The summed E-state index contributed by atoms with van der Waals surface area (Å²) in [5.41, 5.74) is 1.20. The first-order valence-electron chi connectivity index (χ1n) is 11.5. The van der Waals surface area contributed by atoms with Crippen LogP contribution < -0.4 is 0 Å². The van der Waals surface area contributed by atoms with Crippen molar-refractivity contribution in [2.45, 2.75) is 31.6 Å². The summed E-state index contributed by atoms with van der Waals surface area (Å²) in [6, 6.07) is 10.6. The van der Waals surface area contributed by atoms with Crippen LogP contribution in [0.5, 0.6) is 0 Å². The minimum absolute atomic E-state index is 0.855. The number of rotatable bonds is 4. The van der Waals surface area contributed by atoms with E-state index in [2.05, 4.69) is 44.4 Å². The van der Waals surface area contributed by atoms with Gasteiger partial charge in [-0.25, -0.2) is 14.4 Å². The molecule has 0 radical (unpaired) electrons. The maximum Gasteiger partial charge on any atom is 0.490 e. The fourth-order valence-electron chi connectivity index (χ4n) is 3.79. The lowest BCUT2D eigenvalue weighted by Gasteiger charge is -2.20. The number of thiophene rings is 1. The number of nitrogens with zero attached hydrogens (tertiary/aromatic N) is 3. The molecule has 2 unspecified atom stereocenters. The van der Waals surface area contributed by atoms with Gasteiger partial charge in [-0.3, -0.25) is 14.8 Å².